The summed E-state index contributed by atoms with van der Waals surface area (Å²) in [5.74, 6) is 0.987. The molecule has 2 heterocycles. The molecule has 2 aromatic heterocycles. The average molecular weight is 283 g/mol. The Hall–Kier alpha value is -2.68. The van der Waals surface area contributed by atoms with E-state index in [-0.39, 0.29) is 0 Å². The summed E-state index contributed by atoms with van der Waals surface area (Å²) >= 11 is 0. The second kappa shape index (κ2) is 6.66. The number of nitriles is 1. The average Bonchev–Trinajstić information content (AvgIpc) is 2.54. The van der Waals surface area contributed by atoms with E-state index in [1.807, 2.05) is 19.9 Å². The van der Waals surface area contributed by atoms with E-state index in [9.17, 15) is 5.26 Å². The molecule has 0 aliphatic rings. The number of nitrogens with one attached hydrogen (secondary N) is 1. The Balaban J connectivity index is 2.37. The molecule has 0 atom stereocenters. The monoisotopic (exact) mass is 283 g/mol. The van der Waals surface area contributed by atoms with Gasteiger partial charge in [0.2, 0.25) is 5.88 Å². The van der Waals surface area contributed by atoms with Crippen molar-refractivity contribution in [3.8, 4) is 11.9 Å². The predicted octanol–water partition coefficient (Wildman–Crippen LogP) is 2.62. The summed E-state index contributed by atoms with van der Waals surface area (Å²) < 4.78 is 5.01. The van der Waals surface area contributed by atoms with Crippen molar-refractivity contribution in [3.63, 3.8) is 0 Å². The third-order valence-corrected chi connectivity index (χ3v) is 3.17. The van der Waals surface area contributed by atoms with Crippen LogP contribution in [0.15, 0.2) is 18.3 Å². The van der Waals surface area contributed by atoms with Gasteiger partial charge in [0.05, 0.1) is 24.7 Å². The minimum absolute atomic E-state index is 0.457. The molecule has 0 aromatic carbocycles. The zero-order chi connectivity index (χ0) is 15.2. The lowest BCUT2D eigenvalue weighted by Gasteiger charge is -2.12. The minimum atomic E-state index is 0.457. The first-order valence-electron chi connectivity index (χ1n) is 6.79. The number of pyridine rings is 1. The first-order valence-corrected chi connectivity index (χ1v) is 6.79. The second-order valence-corrected chi connectivity index (χ2v) is 4.38. The molecule has 0 fully saturated rings. The molecule has 0 saturated heterocycles. The summed E-state index contributed by atoms with van der Waals surface area (Å²) in [6, 6.07) is 5.78. The highest BCUT2D eigenvalue weighted by Gasteiger charge is 2.14. The van der Waals surface area contributed by atoms with Crippen LogP contribution >= 0.6 is 0 Å². The van der Waals surface area contributed by atoms with E-state index in [0.29, 0.717) is 17.3 Å². The lowest BCUT2D eigenvalue weighted by Crippen LogP contribution is -2.07. The van der Waals surface area contributed by atoms with Gasteiger partial charge in [-0.05, 0) is 24.5 Å². The lowest BCUT2D eigenvalue weighted by atomic mass is 10.0. The summed E-state index contributed by atoms with van der Waals surface area (Å²) in [4.78, 5) is 4.11. The van der Waals surface area contributed by atoms with Gasteiger partial charge in [-0.25, -0.2) is 4.98 Å². The Morgan fingerprint density at radius 1 is 1.24 bits per heavy atom. The van der Waals surface area contributed by atoms with Crippen molar-refractivity contribution in [1.29, 1.82) is 5.26 Å². The van der Waals surface area contributed by atoms with E-state index in [1.165, 1.54) is 0 Å². The number of hydrogen-bond acceptors (Lipinski definition) is 6. The van der Waals surface area contributed by atoms with Gasteiger partial charge in [0.15, 0.2) is 5.82 Å². The molecular weight excluding hydrogens is 266 g/mol. The lowest BCUT2D eigenvalue weighted by molar-refractivity contribution is 0.398. The molecule has 1 N–H and O–H groups in total. The minimum Gasteiger partial charge on any atom is -0.481 e. The Labute approximate surface area is 123 Å². The van der Waals surface area contributed by atoms with Crippen LogP contribution in [0.25, 0.3) is 0 Å². The van der Waals surface area contributed by atoms with Gasteiger partial charge in [-0.1, -0.05) is 13.8 Å². The van der Waals surface area contributed by atoms with E-state index in [0.717, 1.165) is 29.8 Å². The first-order chi connectivity index (χ1) is 10.2. The number of aryl methyl sites for hydroxylation is 1. The molecule has 0 unspecified atom stereocenters. The van der Waals surface area contributed by atoms with Crippen LogP contribution in [0.2, 0.25) is 0 Å². The summed E-state index contributed by atoms with van der Waals surface area (Å²) in [5.41, 5.74) is 3.08. The first kappa shape index (κ1) is 14.7. The van der Waals surface area contributed by atoms with Crippen LogP contribution in [0.1, 0.15) is 30.7 Å². The highest BCUT2D eigenvalue weighted by molar-refractivity contribution is 5.64. The molecule has 0 saturated carbocycles. The van der Waals surface area contributed by atoms with Crippen molar-refractivity contribution in [1.82, 2.24) is 15.2 Å². The van der Waals surface area contributed by atoms with Crippen LogP contribution in [0.3, 0.4) is 0 Å². The summed E-state index contributed by atoms with van der Waals surface area (Å²) in [6.07, 6.45) is 3.13. The topological polar surface area (TPSA) is 83.7 Å². The molecule has 0 radical (unpaired) electrons. The van der Waals surface area contributed by atoms with Crippen molar-refractivity contribution in [3.05, 3.63) is 35.2 Å². The van der Waals surface area contributed by atoms with Crippen molar-refractivity contribution < 1.29 is 4.74 Å². The van der Waals surface area contributed by atoms with E-state index in [1.54, 1.807) is 19.4 Å². The molecule has 108 valence electrons. The van der Waals surface area contributed by atoms with Gasteiger partial charge >= 0.3 is 0 Å². The van der Waals surface area contributed by atoms with Crippen molar-refractivity contribution in [2.45, 2.75) is 26.7 Å². The second-order valence-electron chi connectivity index (χ2n) is 4.38. The molecule has 0 bridgehead atoms. The molecule has 2 rings (SSSR count). The summed E-state index contributed by atoms with van der Waals surface area (Å²) in [5, 5.41) is 20.8. The molecular formula is C15H17N5O. The van der Waals surface area contributed by atoms with E-state index < -0.39 is 0 Å². The number of rotatable bonds is 5. The number of aromatic nitrogens is 3. The van der Waals surface area contributed by atoms with Crippen LogP contribution in [-0.4, -0.2) is 22.3 Å². The standard InChI is InChI=1S/C15H17N5O/c1-4-11-12(8-16)15(20-19-13(11)5-2)18-10-6-7-14(21-3)17-9-10/h6-7,9H,4-5H2,1-3H3,(H,18,20). The van der Waals surface area contributed by atoms with Crippen LogP contribution < -0.4 is 10.1 Å². The Bertz CT molecular complexity index is 661. The highest BCUT2D eigenvalue weighted by atomic mass is 16.5. The SMILES string of the molecule is CCc1nnc(Nc2ccc(OC)nc2)c(C#N)c1CC. The van der Waals surface area contributed by atoms with Crippen LogP contribution in [0.5, 0.6) is 5.88 Å². The quantitative estimate of drug-likeness (QED) is 0.908. The van der Waals surface area contributed by atoms with Gasteiger partial charge in [-0.3, -0.25) is 0 Å². The third kappa shape index (κ3) is 3.08. The fourth-order valence-electron chi connectivity index (χ4n) is 2.09. The maximum absolute atomic E-state index is 9.42. The maximum atomic E-state index is 9.42. The summed E-state index contributed by atoms with van der Waals surface area (Å²) in [7, 11) is 1.56. The van der Waals surface area contributed by atoms with Crippen molar-refractivity contribution in [2.24, 2.45) is 0 Å². The molecule has 21 heavy (non-hydrogen) atoms. The number of methoxy groups -OCH3 is 1. The predicted molar refractivity (Wildman–Crippen MR) is 79.6 cm³/mol. The number of nitrogens with zero attached hydrogens (tertiary/aromatic N) is 4. The maximum Gasteiger partial charge on any atom is 0.213 e. The van der Waals surface area contributed by atoms with Gasteiger partial charge in [0.1, 0.15) is 11.6 Å². The van der Waals surface area contributed by atoms with Crippen LogP contribution in [0, 0.1) is 11.3 Å². The van der Waals surface area contributed by atoms with Crippen LogP contribution in [0.4, 0.5) is 11.5 Å². The highest BCUT2D eigenvalue weighted by Crippen LogP contribution is 2.23. The van der Waals surface area contributed by atoms with E-state index in [2.05, 4.69) is 26.6 Å². The Morgan fingerprint density at radius 2 is 2.05 bits per heavy atom. The smallest absolute Gasteiger partial charge is 0.213 e. The number of anilines is 2. The van der Waals surface area contributed by atoms with Crippen LogP contribution in [-0.2, 0) is 12.8 Å². The van der Waals surface area contributed by atoms with E-state index >= 15 is 0 Å². The Morgan fingerprint density at radius 3 is 2.57 bits per heavy atom. The molecule has 0 amide bonds. The Kier molecular flexibility index (Phi) is 4.67. The van der Waals surface area contributed by atoms with Gasteiger partial charge in [-0.2, -0.15) is 10.4 Å². The largest absolute Gasteiger partial charge is 0.481 e. The zero-order valence-corrected chi connectivity index (χ0v) is 12.3. The summed E-state index contributed by atoms with van der Waals surface area (Å²) in [6.45, 7) is 4.01. The van der Waals surface area contributed by atoms with Crippen molar-refractivity contribution in [2.75, 3.05) is 12.4 Å². The normalized spacial score (nSPS) is 10.0. The molecule has 2 aromatic rings. The molecule has 0 spiro atoms. The number of hydrogen-bond donors (Lipinski definition) is 1. The molecule has 0 aliphatic carbocycles. The fraction of sp³-hybridized carbons (Fsp3) is 0.333. The molecule has 6 heteroatoms. The van der Waals surface area contributed by atoms with E-state index in [4.69, 9.17) is 4.74 Å². The van der Waals surface area contributed by atoms with Gasteiger partial charge in [0.25, 0.3) is 0 Å². The fourth-order valence-corrected chi connectivity index (χ4v) is 2.09. The number of ether oxygens (including phenoxy) is 1. The zero-order valence-electron chi connectivity index (χ0n) is 12.3. The third-order valence-electron chi connectivity index (χ3n) is 3.17. The van der Waals surface area contributed by atoms with Gasteiger partial charge in [0, 0.05) is 6.07 Å². The van der Waals surface area contributed by atoms with Gasteiger partial charge < -0.3 is 10.1 Å². The molecule has 6 nitrogen and oxygen atoms in total. The van der Waals surface area contributed by atoms with Crippen molar-refractivity contribution >= 4 is 11.5 Å². The molecule has 0 aliphatic heterocycles. The van der Waals surface area contributed by atoms with Gasteiger partial charge in [-0.15, -0.1) is 5.10 Å².